The van der Waals surface area contributed by atoms with E-state index in [1.165, 1.54) is 11.1 Å². The van der Waals surface area contributed by atoms with Crippen LogP contribution in [0.25, 0.3) is 0 Å². The number of carbonyl (C=O) groups excluding carboxylic acids is 1. The second-order valence-electron chi connectivity index (χ2n) is 6.52. The normalized spacial score (nSPS) is 16.3. The first-order valence-corrected chi connectivity index (χ1v) is 10.3. The molecule has 0 aromatic heterocycles. The molecule has 0 aliphatic heterocycles. The first-order valence-electron chi connectivity index (χ1n) is 8.79. The third-order valence-corrected chi connectivity index (χ3v) is 6.00. The molecule has 0 radical (unpaired) electrons. The molecule has 0 spiro atoms. The third-order valence-electron chi connectivity index (χ3n) is 4.56. The average Bonchev–Trinajstić information content (AvgIpc) is 3.03. The van der Waals surface area contributed by atoms with Gasteiger partial charge in [0.2, 0.25) is 10.0 Å². The van der Waals surface area contributed by atoms with E-state index in [-0.39, 0.29) is 23.2 Å². The maximum Gasteiger partial charge on any atom is 0.310 e. The average molecular weight is 373 g/mol. The van der Waals surface area contributed by atoms with Gasteiger partial charge in [0, 0.05) is 6.54 Å². The highest BCUT2D eigenvalue weighted by Gasteiger charge is 2.24. The van der Waals surface area contributed by atoms with Gasteiger partial charge in [-0.25, -0.2) is 13.1 Å². The smallest absolute Gasteiger partial charge is 0.310 e. The van der Waals surface area contributed by atoms with Crippen molar-refractivity contribution in [2.75, 3.05) is 13.2 Å². The Morgan fingerprint density at radius 3 is 2.58 bits per heavy atom. The molecule has 0 fully saturated rings. The van der Waals surface area contributed by atoms with E-state index in [2.05, 4.69) is 4.72 Å². The van der Waals surface area contributed by atoms with Crippen LogP contribution in [0.1, 0.15) is 23.6 Å². The Kier molecular flexibility index (Phi) is 5.74. The van der Waals surface area contributed by atoms with Gasteiger partial charge < -0.3 is 4.74 Å². The van der Waals surface area contributed by atoms with Crippen LogP contribution in [0, 0.1) is 5.92 Å². The van der Waals surface area contributed by atoms with E-state index in [1.54, 1.807) is 37.3 Å². The molecule has 1 unspecified atom stereocenters. The Bertz CT molecular complexity index is 878. The van der Waals surface area contributed by atoms with E-state index in [1.807, 2.05) is 18.2 Å². The number of esters is 1. The fourth-order valence-corrected chi connectivity index (χ4v) is 4.44. The summed E-state index contributed by atoms with van der Waals surface area (Å²) in [4.78, 5) is 11.9. The van der Waals surface area contributed by atoms with Crippen LogP contribution >= 0.6 is 0 Å². The Morgan fingerprint density at radius 2 is 1.85 bits per heavy atom. The minimum absolute atomic E-state index is 0.223. The predicted octanol–water partition coefficient (Wildman–Crippen LogP) is 2.49. The van der Waals surface area contributed by atoms with Gasteiger partial charge in [-0.3, -0.25) is 4.79 Å². The second-order valence-corrected chi connectivity index (χ2v) is 8.29. The lowest BCUT2D eigenvalue weighted by Crippen LogP contribution is -2.29. The Balaban J connectivity index is 1.60. The molecule has 0 amide bonds. The molecular formula is C20H23NO4S. The van der Waals surface area contributed by atoms with Gasteiger partial charge in [-0.1, -0.05) is 36.4 Å². The summed E-state index contributed by atoms with van der Waals surface area (Å²) in [5.41, 5.74) is 3.35. The molecule has 2 aromatic carbocycles. The summed E-state index contributed by atoms with van der Waals surface area (Å²) in [7, 11) is -3.48. The molecule has 0 saturated heterocycles. The van der Waals surface area contributed by atoms with Crippen molar-refractivity contribution in [3.05, 3.63) is 65.2 Å². The SMILES string of the molecule is CCOC(=O)Cc1ccc2c(c1)CC(CNS(=O)(=O)c1ccccc1)C2. The van der Waals surface area contributed by atoms with Crippen molar-refractivity contribution in [1.29, 1.82) is 0 Å². The van der Waals surface area contributed by atoms with Crippen molar-refractivity contribution in [1.82, 2.24) is 4.72 Å². The number of sulfonamides is 1. The summed E-state index contributed by atoms with van der Waals surface area (Å²) in [6.45, 7) is 2.58. The Morgan fingerprint density at radius 1 is 1.12 bits per heavy atom. The van der Waals surface area contributed by atoms with Gasteiger partial charge in [0.05, 0.1) is 17.9 Å². The number of hydrogen-bond donors (Lipinski definition) is 1. The lowest BCUT2D eigenvalue weighted by atomic mass is 10.0. The molecule has 0 saturated carbocycles. The van der Waals surface area contributed by atoms with Gasteiger partial charge in [-0.15, -0.1) is 0 Å². The molecule has 138 valence electrons. The maximum atomic E-state index is 12.3. The third kappa shape index (κ3) is 4.51. The van der Waals surface area contributed by atoms with Gasteiger partial charge in [-0.2, -0.15) is 0 Å². The number of hydrogen-bond acceptors (Lipinski definition) is 4. The molecular weight excluding hydrogens is 350 g/mol. The fourth-order valence-electron chi connectivity index (χ4n) is 3.31. The van der Waals surface area contributed by atoms with Crippen LogP contribution in [0.3, 0.4) is 0 Å². The first-order chi connectivity index (χ1) is 12.5. The molecule has 1 aliphatic rings. The zero-order valence-electron chi connectivity index (χ0n) is 14.8. The zero-order valence-corrected chi connectivity index (χ0v) is 15.6. The molecule has 1 atom stereocenters. The van der Waals surface area contributed by atoms with Gasteiger partial charge in [0.15, 0.2) is 0 Å². The second kappa shape index (κ2) is 8.01. The molecule has 2 aromatic rings. The van der Waals surface area contributed by atoms with Crippen LogP contribution in [-0.4, -0.2) is 27.5 Å². The molecule has 5 nitrogen and oxygen atoms in total. The number of nitrogens with one attached hydrogen (secondary N) is 1. The maximum absolute atomic E-state index is 12.3. The molecule has 6 heteroatoms. The molecule has 3 rings (SSSR count). The summed E-state index contributed by atoms with van der Waals surface area (Å²) in [6.07, 6.45) is 1.92. The van der Waals surface area contributed by atoms with Crippen molar-refractivity contribution in [2.45, 2.75) is 31.1 Å². The summed E-state index contributed by atoms with van der Waals surface area (Å²) in [5, 5.41) is 0. The minimum atomic E-state index is -3.48. The summed E-state index contributed by atoms with van der Waals surface area (Å²) >= 11 is 0. The largest absolute Gasteiger partial charge is 0.466 e. The first kappa shape index (κ1) is 18.6. The molecule has 1 aliphatic carbocycles. The number of carbonyl (C=O) groups is 1. The van der Waals surface area contributed by atoms with Crippen molar-refractivity contribution < 1.29 is 17.9 Å². The number of ether oxygens (including phenoxy) is 1. The van der Waals surface area contributed by atoms with Crippen LogP contribution in [0.5, 0.6) is 0 Å². The van der Waals surface area contributed by atoms with E-state index < -0.39 is 10.0 Å². The van der Waals surface area contributed by atoms with Crippen LogP contribution in [0.2, 0.25) is 0 Å². The van der Waals surface area contributed by atoms with Crippen LogP contribution in [-0.2, 0) is 38.8 Å². The monoisotopic (exact) mass is 373 g/mol. The summed E-state index contributed by atoms with van der Waals surface area (Å²) < 4.78 is 32.4. The molecule has 0 heterocycles. The Labute approximate surface area is 154 Å². The fraction of sp³-hybridized carbons (Fsp3) is 0.350. The van der Waals surface area contributed by atoms with E-state index in [0.717, 1.165) is 18.4 Å². The molecule has 0 bridgehead atoms. The highest BCUT2D eigenvalue weighted by Crippen LogP contribution is 2.28. The highest BCUT2D eigenvalue weighted by molar-refractivity contribution is 7.89. The van der Waals surface area contributed by atoms with E-state index in [4.69, 9.17) is 4.74 Å². The quantitative estimate of drug-likeness (QED) is 0.757. The van der Waals surface area contributed by atoms with Crippen molar-refractivity contribution in [3.63, 3.8) is 0 Å². The van der Waals surface area contributed by atoms with Gasteiger partial charge in [0.25, 0.3) is 0 Å². The van der Waals surface area contributed by atoms with Crippen LogP contribution in [0.4, 0.5) is 0 Å². The number of fused-ring (bicyclic) bond motifs is 1. The molecule has 26 heavy (non-hydrogen) atoms. The van der Waals surface area contributed by atoms with E-state index in [0.29, 0.717) is 13.2 Å². The summed E-state index contributed by atoms with van der Waals surface area (Å²) in [5.74, 6) is -0.000973. The van der Waals surface area contributed by atoms with Crippen LogP contribution in [0.15, 0.2) is 53.4 Å². The zero-order chi connectivity index (χ0) is 18.6. The molecule has 1 N–H and O–H groups in total. The summed E-state index contributed by atoms with van der Waals surface area (Å²) in [6, 6.07) is 14.4. The lowest BCUT2D eigenvalue weighted by molar-refractivity contribution is -0.142. The highest BCUT2D eigenvalue weighted by atomic mass is 32.2. The van der Waals surface area contributed by atoms with Gasteiger partial charge >= 0.3 is 5.97 Å². The van der Waals surface area contributed by atoms with Crippen molar-refractivity contribution in [2.24, 2.45) is 5.92 Å². The predicted molar refractivity (Wildman–Crippen MR) is 99.3 cm³/mol. The Hall–Kier alpha value is -2.18. The van der Waals surface area contributed by atoms with E-state index in [9.17, 15) is 13.2 Å². The topological polar surface area (TPSA) is 72.5 Å². The number of rotatable bonds is 7. The van der Waals surface area contributed by atoms with Crippen molar-refractivity contribution >= 4 is 16.0 Å². The van der Waals surface area contributed by atoms with Crippen molar-refractivity contribution in [3.8, 4) is 0 Å². The minimum Gasteiger partial charge on any atom is -0.466 e. The number of benzene rings is 2. The lowest BCUT2D eigenvalue weighted by Gasteiger charge is -2.11. The standard InChI is InChI=1S/C20H23NO4S/c1-2-25-20(22)13-15-8-9-17-11-16(12-18(17)10-15)14-21-26(23,24)19-6-4-3-5-7-19/h3-10,16,21H,2,11-14H2,1H3. The van der Waals surface area contributed by atoms with Gasteiger partial charge in [0.1, 0.15) is 0 Å². The van der Waals surface area contributed by atoms with Gasteiger partial charge in [-0.05, 0) is 54.5 Å². The van der Waals surface area contributed by atoms with Crippen LogP contribution < -0.4 is 4.72 Å². The van der Waals surface area contributed by atoms with E-state index >= 15 is 0 Å².